The summed E-state index contributed by atoms with van der Waals surface area (Å²) in [6.45, 7) is 6.61. The Morgan fingerprint density at radius 1 is 1.00 bits per heavy atom. The molecule has 136 valence electrons. The predicted molar refractivity (Wildman–Crippen MR) is 102 cm³/mol. The molecule has 1 amide bonds. The number of rotatable bonds is 5. The number of para-hydroxylation sites is 1. The Kier molecular flexibility index (Phi) is 5.56. The highest BCUT2D eigenvalue weighted by molar-refractivity contribution is 5.94. The van der Waals surface area contributed by atoms with E-state index < -0.39 is 0 Å². The Hall–Kier alpha value is -2.82. The Balaban J connectivity index is 1.52. The quantitative estimate of drug-likeness (QED) is 0.777. The van der Waals surface area contributed by atoms with E-state index in [1.165, 1.54) is 18.2 Å². The van der Waals surface area contributed by atoms with Gasteiger partial charge in [0.1, 0.15) is 5.75 Å². The lowest BCUT2D eigenvalue weighted by Gasteiger charge is -2.36. The first kappa shape index (κ1) is 18.0. The topological polar surface area (TPSA) is 49.9 Å². The van der Waals surface area contributed by atoms with Crippen molar-refractivity contribution in [3.63, 3.8) is 0 Å². The number of carbonyl (C=O) groups excluding carboxylic acids is 2. The number of hydrogen-bond donors (Lipinski definition) is 0. The highest BCUT2D eigenvalue weighted by atomic mass is 16.5. The van der Waals surface area contributed by atoms with Gasteiger partial charge in [0.05, 0.1) is 0 Å². The van der Waals surface area contributed by atoms with Gasteiger partial charge in [0.25, 0.3) is 5.91 Å². The van der Waals surface area contributed by atoms with Crippen LogP contribution < -0.4 is 9.64 Å². The van der Waals surface area contributed by atoms with Crippen LogP contribution in [0.15, 0.2) is 48.5 Å². The van der Waals surface area contributed by atoms with Crippen molar-refractivity contribution in [2.75, 3.05) is 37.7 Å². The van der Waals surface area contributed by atoms with Crippen LogP contribution in [-0.2, 0) is 4.79 Å². The molecule has 0 saturated carbocycles. The smallest absolute Gasteiger partial charge is 0.260 e. The number of hydrogen-bond acceptors (Lipinski definition) is 4. The third kappa shape index (κ3) is 4.23. The molecule has 5 nitrogen and oxygen atoms in total. The van der Waals surface area contributed by atoms with Crippen LogP contribution in [0.4, 0.5) is 5.69 Å². The zero-order valence-electron chi connectivity index (χ0n) is 15.3. The molecule has 0 atom stereocenters. The number of Topliss-reactive ketones (excluding diaryl/α,β-unsaturated/α-hetero) is 1. The molecule has 2 aromatic carbocycles. The van der Waals surface area contributed by atoms with E-state index in [0.717, 1.165) is 13.1 Å². The zero-order valence-corrected chi connectivity index (χ0v) is 15.3. The van der Waals surface area contributed by atoms with Crippen LogP contribution in [0.25, 0.3) is 0 Å². The minimum absolute atomic E-state index is 0.00821. The first-order chi connectivity index (χ1) is 12.5. The van der Waals surface area contributed by atoms with Gasteiger partial charge in [-0.15, -0.1) is 0 Å². The van der Waals surface area contributed by atoms with Crippen molar-refractivity contribution in [3.05, 3.63) is 59.7 Å². The molecule has 1 saturated heterocycles. The highest BCUT2D eigenvalue weighted by Gasteiger charge is 2.22. The van der Waals surface area contributed by atoms with Gasteiger partial charge in [0.2, 0.25) is 0 Å². The monoisotopic (exact) mass is 352 g/mol. The van der Waals surface area contributed by atoms with E-state index in [1.807, 2.05) is 17.0 Å². The molecule has 5 heteroatoms. The molecule has 26 heavy (non-hydrogen) atoms. The van der Waals surface area contributed by atoms with Crippen LogP contribution in [0.2, 0.25) is 0 Å². The lowest BCUT2D eigenvalue weighted by molar-refractivity contribution is -0.133. The van der Waals surface area contributed by atoms with Gasteiger partial charge < -0.3 is 14.5 Å². The normalized spacial score (nSPS) is 14.2. The van der Waals surface area contributed by atoms with Gasteiger partial charge in [-0.3, -0.25) is 9.59 Å². The van der Waals surface area contributed by atoms with E-state index in [1.54, 1.807) is 24.3 Å². The van der Waals surface area contributed by atoms with Gasteiger partial charge >= 0.3 is 0 Å². The summed E-state index contributed by atoms with van der Waals surface area (Å²) in [5.74, 6) is 0.501. The molecule has 0 aliphatic carbocycles. The number of aryl methyl sites for hydroxylation is 1. The summed E-state index contributed by atoms with van der Waals surface area (Å²) in [5, 5.41) is 0. The number of anilines is 1. The van der Waals surface area contributed by atoms with Crippen LogP contribution in [-0.4, -0.2) is 49.4 Å². The van der Waals surface area contributed by atoms with Crippen molar-refractivity contribution in [2.24, 2.45) is 0 Å². The van der Waals surface area contributed by atoms with E-state index in [-0.39, 0.29) is 18.3 Å². The summed E-state index contributed by atoms with van der Waals surface area (Å²) in [7, 11) is 0. The maximum absolute atomic E-state index is 12.4. The molecule has 1 aliphatic rings. The number of ether oxygens (including phenoxy) is 1. The second-order valence-corrected chi connectivity index (χ2v) is 6.53. The molecular formula is C21H24N2O3. The minimum Gasteiger partial charge on any atom is -0.484 e. The largest absolute Gasteiger partial charge is 0.484 e. The number of piperazine rings is 1. The summed E-state index contributed by atoms with van der Waals surface area (Å²) in [4.78, 5) is 28.0. The van der Waals surface area contributed by atoms with Crippen molar-refractivity contribution < 1.29 is 14.3 Å². The summed E-state index contributed by atoms with van der Waals surface area (Å²) in [6.07, 6.45) is 0. The molecule has 0 spiro atoms. The SMILES string of the molecule is CC(=O)c1cccc(OCC(=O)N2CCN(c3ccccc3C)CC2)c1. The Bertz CT molecular complexity index is 795. The summed E-state index contributed by atoms with van der Waals surface area (Å²) >= 11 is 0. The zero-order chi connectivity index (χ0) is 18.5. The first-order valence-electron chi connectivity index (χ1n) is 8.87. The van der Waals surface area contributed by atoms with Gasteiger partial charge in [-0.05, 0) is 37.6 Å². The highest BCUT2D eigenvalue weighted by Crippen LogP contribution is 2.21. The van der Waals surface area contributed by atoms with E-state index in [2.05, 4.69) is 24.0 Å². The molecule has 0 radical (unpaired) electrons. The molecule has 1 fully saturated rings. The summed E-state index contributed by atoms with van der Waals surface area (Å²) < 4.78 is 5.59. The van der Waals surface area contributed by atoms with Crippen molar-refractivity contribution in [2.45, 2.75) is 13.8 Å². The molecule has 0 N–H and O–H groups in total. The minimum atomic E-state index is -0.0253. The van der Waals surface area contributed by atoms with Gasteiger partial charge in [0.15, 0.2) is 12.4 Å². The number of carbonyl (C=O) groups is 2. The second kappa shape index (κ2) is 8.04. The Morgan fingerprint density at radius 2 is 1.73 bits per heavy atom. The average molecular weight is 352 g/mol. The number of amides is 1. The van der Waals surface area contributed by atoms with Crippen molar-refractivity contribution in [3.8, 4) is 5.75 Å². The molecule has 1 aliphatic heterocycles. The van der Waals surface area contributed by atoms with Crippen LogP contribution in [0.1, 0.15) is 22.8 Å². The maximum Gasteiger partial charge on any atom is 0.260 e. The van der Waals surface area contributed by atoms with Crippen LogP contribution >= 0.6 is 0 Å². The molecule has 2 aromatic rings. The van der Waals surface area contributed by atoms with Crippen molar-refractivity contribution in [1.82, 2.24) is 4.90 Å². The fourth-order valence-corrected chi connectivity index (χ4v) is 3.16. The summed E-state index contributed by atoms with van der Waals surface area (Å²) in [6, 6.07) is 15.2. The van der Waals surface area contributed by atoms with Crippen LogP contribution in [0.5, 0.6) is 5.75 Å². The third-order valence-corrected chi connectivity index (χ3v) is 4.69. The lowest BCUT2D eigenvalue weighted by Crippen LogP contribution is -2.50. The van der Waals surface area contributed by atoms with Crippen molar-refractivity contribution >= 4 is 17.4 Å². The molecular weight excluding hydrogens is 328 g/mol. The average Bonchev–Trinajstić information content (AvgIpc) is 2.67. The second-order valence-electron chi connectivity index (χ2n) is 6.53. The molecule has 1 heterocycles. The lowest BCUT2D eigenvalue weighted by atomic mass is 10.1. The van der Waals surface area contributed by atoms with Gasteiger partial charge in [-0.25, -0.2) is 0 Å². The predicted octanol–water partition coefficient (Wildman–Crippen LogP) is 2.93. The number of benzene rings is 2. The molecule has 0 bridgehead atoms. The number of nitrogens with zero attached hydrogens (tertiary/aromatic N) is 2. The number of ketones is 1. The molecule has 0 unspecified atom stereocenters. The standard InChI is InChI=1S/C21H24N2O3/c1-16-6-3-4-9-20(16)22-10-12-23(13-11-22)21(25)15-26-19-8-5-7-18(14-19)17(2)24/h3-9,14H,10-13,15H2,1-2H3. The van der Waals surface area contributed by atoms with E-state index in [9.17, 15) is 9.59 Å². The summed E-state index contributed by atoms with van der Waals surface area (Å²) in [5.41, 5.74) is 3.07. The molecule has 0 aromatic heterocycles. The fraction of sp³-hybridized carbons (Fsp3) is 0.333. The molecule has 3 rings (SSSR count). The van der Waals surface area contributed by atoms with E-state index >= 15 is 0 Å². The van der Waals surface area contributed by atoms with Crippen LogP contribution in [0.3, 0.4) is 0 Å². The third-order valence-electron chi connectivity index (χ3n) is 4.69. The van der Waals surface area contributed by atoms with Gasteiger partial charge in [-0.2, -0.15) is 0 Å². The van der Waals surface area contributed by atoms with E-state index in [0.29, 0.717) is 24.4 Å². The Labute approximate surface area is 154 Å². The van der Waals surface area contributed by atoms with E-state index in [4.69, 9.17) is 4.74 Å². The fourth-order valence-electron chi connectivity index (χ4n) is 3.16. The first-order valence-corrected chi connectivity index (χ1v) is 8.87. The van der Waals surface area contributed by atoms with Gasteiger partial charge in [-0.1, -0.05) is 30.3 Å². The van der Waals surface area contributed by atoms with Crippen LogP contribution in [0, 0.1) is 6.92 Å². The Morgan fingerprint density at radius 3 is 2.42 bits per heavy atom. The van der Waals surface area contributed by atoms with Crippen molar-refractivity contribution in [1.29, 1.82) is 0 Å². The van der Waals surface area contributed by atoms with Gasteiger partial charge in [0, 0.05) is 37.4 Å². The maximum atomic E-state index is 12.4.